The van der Waals surface area contributed by atoms with Crippen molar-refractivity contribution in [2.75, 3.05) is 26.7 Å². The molecule has 0 atom stereocenters. The molecule has 1 aromatic rings. The Morgan fingerprint density at radius 1 is 1.19 bits per heavy atom. The second kappa shape index (κ2) is 8.52. The molecule has 0 radical (unpaired) electrons. The minimum atomic E-state index is 0.656. The summed E-state index contributed by atoms with van der Waals surface area (Å²) in [5.74, 6) is 0.774. The number of methoxy groups -OCH3 is 1. The molecule has 118 valence electrons. The standard InChI is InChI=1S/C18H30N2O/c1-15(2)13-20-10-8-18(9-11-20)19-12-16-6-4-5-7-17(16)14-21-3/h4-7,15,18-19H,8-14H2,1-3H3. The summed E-state index contributed by atoms with van der Waals surface area (Å²) >= 11 is 0. The fourth-order valence-electron chi connectivity index (χ4n) is 3.12. The number of piperidine rings is 1. The Bertz CT molecular complexity index is 411. The first-order valence-electron chi connectivity index (χ1n) is 8.20. The molecule has 0 aliphatic carbocycles. The highest BCUT2D eigenvalue weighted by molar-refractivity contribution is 5.26. The van der Waals surface area contributed by atoms with Gasteiger partial charge in [0.15, 0.2) is 0 Å². The zero-order valence-electron chi connectivity index (χ0n) is 13.8. The summed E-state index contributed by atoms with van der Waals surface area (Å²) < 4.78 is 5.28. The fourth-order valence-corrected chi connectivity index (χ4v) is 3.12. The monoisotopic (exact) mass is 290 g/mol. The molecule has 0 saturated carbocycles. The van der Waals surface area contributed by atoms with E-state index in [0.29, 0.717) is 12.6 Å². The summed E-state index contributed by atoms with van der Waals surface area (Å²) in [7, 11) is 1.76. The maximum atomic E-state index is 5.28. The molecule has 21 heavy (non-hydrogen) atoms. The van der Waals surface area contributed by atoms with E-state index in [1.165, 1.54) is 43.6 Å². The molecule has 2 rings (SSSR count). The van der Waals surface area contributed by atoms with E-state index in [1.807, 2.05) is 0 Å². The van der Waals surface area contributed by atoms with Crippen molar-refractivity contribution < 1.29 is 4.74 Å². The lowest BCUT2D eigenvalue weighted by atomic mass is 10.0. The number of nitrogens with zero attached hydrogens (tertiary/aromatic N) is 1. The highest BCUT2D eigenvalue weighted by Gasteiger charge is 2.19. The largest absolute Gasteiger partial charge is 0.380 e. The number of likely N-dealkylation sites (tertiary alicyclic amines) is 1. The highest BCUT2D eigenvalue weighted by atomic mass is 16.5. The predicted octanol–water partition coefficient (Wildman–Crippen LogP) is 3.04. The maximum Gasteiger partial charge on any atom is 0.0716 e. The van der Waals surface area contributed by atoms with Crippen LogP contribution in [0.1, 0.15) is 37.8 Å². The topological polar surface area (TPSA) is 24.5 Å². The van der Waals surface area contributed by atoms with Crippen molar-refractivity contribution in [3.05, 3.63) is 35.4 Å². The summed E-state index contributed by atoms with van der Waals surface area (Å²) in [4.78, 5) is 2.60. The molecule has 1 aliphatic heterocycles. The van der Waals surface area contributed by atoms with E-state index < -0.39 is 0 Å². The van der Waals surface area contributed by atoms with Crippen LogP contribution in [0.25, 0.3) is 0 Å². The van der Waals surface area contributed by atoms with E-state index in [0.717, 1.165) is 12.5 Å². The second-order valence-corrected chi connectivity index (χ2v) is 6.55. The van der Waals surface area contributed by atoms with Crippen LogP contribution in [-0.4, -0.2) is 37.7 Å². The van der Waals surface area contributed by atoms with Gasteiger partial charge in [-0.2, -0.15) is 0 Å². The average molecular weight is 290 g/mol. The smallest absolute Gasteiger partial charge is 0.0716 e. The first kappa shape index (κ1) is 16.5. The van der Waals surface area contributed by atoms with Crippen LogP contribution in [0.4, 0.5) is 0 Å². The maximum absolute atomic E-state index is 5.28. The SMILES string of the molecule is COCc1ccccc1CNC1CCN(CC(C)C)CC1. The fraction of sp³-hybridized carbons (Fsp3) is 0.667. The first-order chi connectivity index (χ1) is 10.2. The van der Waals surface area contributed by atoms with Gasteiger partial charge in [-0.15, -0.1) is 0 Å². The van der Waals surface area contributed by atoms with Crippen LogP contribution in [0, 0.1) is 5.92 Å². The zero-order chi connectivity index (χ0) is 15.1. The van der Waals surface area contributed by atoms with Crippen molar-refractivity contribution in [2.45, 2.75) is 45.9 Å². The molecule has 0 spiro atoms. The summed E-state index contributed by atoms with van der Waals surface area (Å²) in [6.45, 7) is 9.96. The summed E-state index contributed by atoms with van der Waals surface area (Å²) in [6.07, 6.45) is 2.53. The van der Waals surface area contributed by atoms with E-state index in [1.54, 1.807) is 7.11 Å². The Kier molecular flexibility index (Phi) is 6.68. The zero-order valence-corrected chi connectivity index (χ0v) is 13.8. The molecule has 1 aliphatic rings. The van der Waals surface area contributed by atoms with Gasteiger partial charge in [-0.3, -0.25) is 0 Å². The number of rotatable bonds is 7. The molecule has 1 heterocycles. The Labute approximate surface area is 129 Å². The third kappa shape index (κ3) is 5.42. The minimum absolute atomic E-state index is 0.656. The number of hydrogen-bond acceptors (Lipinski definition) is 3. The van der Waals surface area contributed by atoms with Crippen LogP contribution in [0.3, 0.4) is 0 Å². The van der Waals surface area contributed by atoms with E-state index in [2.05, 4.69) is 48.3 Å². The van der Waals surface area contributed by atoms with Gasteiger partial charge >= 0.3 is 0 Å². The minimum Gasteiger partial charge on any atom is -0.380 e. The van der Waals surface area contributed by atoms with Gasteiger partial charge in [0, 0.05) is 26.2 Å². The first-order valence-corrected chi connectivity index (χ1v) is 8.20. The van der Waals surface area contributed by atoms with E-state index in [-0.39, 0.29) is 0 Å². The Morgan fingerprint density at radius 3 is 2.48 bits per heavy atom. The van der Waals surface area contributed by atoms with Gasteiger partial charge in [0.05, 0.1) is 6.61 Å². The lowest BCUT2D eigenvalue weighted by Gasteiger charge is -2.33. The van der Waals surface area contributed by atoms with Crippen LogP contribution in [0.5, 0.6) is 0 Å². The average Bonchev–Trinajstić information content (AvgIpc) is 2.48. The molecule has 0 amide bonds. The Hall–Kier alpha value is -0.900. The van der Waals surface area contributed by atoms with Crippen LogP contribution < -0.4 is 5.32 Å². The molecule has 3 nitrogen and oxygen atoms in total. The number of benzene rings is 1. The number of ether oxygens (including phenoxy) is 1. The van der Waals surface area contributed by atoms with E-state index in [4.69, 9.17) is 4.74 Å². The summed E-state index contributed by atoms with van der Waals surface area (Å²) in [5, 5.41) is 3.73. The lowest BCUT2D eigenvalue weighted by Crippen LogP contribution is -2.43. The van der Waals surface area contributed by atoms with Crippen molar-refractivity contribution in [3.63, 3.8) is 0 Å². The van der Waals surface area contributed by atoms with E-state index >= 15 is 0 Å². The van der Waals surface area contributed by atoms with E-state index in [9.17, 15) is 0 Å². The molecular formula is C18H30N2O. The summed E-state index contributed by atoms with van der Waals surface area (Å²) in [5.41, 5.74) is 2.66. The molecule has 1 aromatic carbocycles. The molecule has 3 heteroatoms. The normalized spacial score (nSPS) is 17.5. The molecule has 0 unspecified atom stereocenters. The quantitative estimate of drug-likeness (QED) is 0.835. The van der Waals surface area contributed by atoms with Crippen LogP contribution in [-0.2, 0) is 17.9 Å². The molecular weight excluding hydrogens is 260 g/mol. The Morgan fingerprint density at radius 2 is 1.86 bits per heavy atom. The van der Waals surface area contributed by atoms with Gasteiger partial charge in [-0.1, -0.05) is 38.1 Å². The number of hydrogen-bond donors (Lipinski definition) is 1. The van der Waals surface area contributed by atoms with Crippen molar-refractivity contribution in [3.8, 4) is 0 Å². The highest BCUT2D eigenvalue weighted by Crippen LogP contribution is 2.14. The third-order valence-corrected chi connectivity index (χ3v) is 4.21. The lowest BCUT2D eigenvalue weighted by molar-refractivity contribution is 0.177. The third-order valence-electron chi connectivity index (χ3n) is 4.21. The van der Waals surface area contributed by atoms with Crippen molar-refractivity contribution in [1.29, 1.82) is 0 Å². The van der Waals surface area contributed by atoms with Gasteiger partial charge in [-0.05, 0) is 43.0 Å². The molecule has 0 aromatic heterocycles. The van der Waals surface area contributed by atoms with Crippen molar-refractivity contribution in [1.82, 2.24) is 10.2 Å². The van der Waals surface area contributed by atoms with Gasteiger partial charge in [0.1, 0.15) is 0 Å². The van der Waals surface area contributed by atoms with Gasteiger partial charge in [-0.25, -0.2) is 0 Å². The molecule has 1 N–H and O–H groups in total. The number of nitrogens with one attached hydrogen (secondary N) is 1. The van der Waals surface area contributed by atoms with Crippen molar-refractivity contribution >= 4 is 0 Å². The molecule has 0 bridgehead atoms. The van der Waals surface area contributed by atoms with Gasteiger partial charge in [0.2, 0.25) is 0 Å². The van der Waals surface area contributed by atoms with Gasteiger partial charge < -0.3 is 15.0 Å². The molecule has 1 saturated heterocycles. The van der Waals surface area contributed by atoms with Gasteiger partial charge in [0.25, 0.3) is 0 Å². The van der Waals surface area contributed by atoms with Crippen LogP contribution >= 0.6 is 0 Å². The van der Waals surface area contributed by atoms with Crippen LogP contribution in [0.2, 0.25) is 0 Å². The molecule has 1 fully saturated rings. The second-order valence-electron chi connectivity index (χ2n) is 6.55. The summed E-state index contributed by atoms with van der Waals surface area (Å²) in [6, 6.07) is 9.22. The van der Waals surface area contributed by atoms with Crippen LogP contribution in [0.15, 0.2) is 24.3 Å². The van der Waals surface area contributed by atoms with Crippen molar-refractivity contribution in [2.24, 2.45) is 5.92 Å². The predicted molar refractivity (Wildman–Crippen MR) is 88.3 cm³/mol. The Balaban J connectivity index is 1.77.